The van der Waals surface area contributed by atoms with Gasteiger partial charge in [0.05, 0.1) is 0 Å². The lowest BCUT2D eigenvalue weighted by Crippen LogP contribution is -2.36. The van der Waals surface area contributed by atoms with E-state index >= 15 is 0 Å². The third-order valence-electron chi connectivity index (χ3n) is 4.30. The number of amides is 1. The highest BCUT2D eigenvalue weighted by atomic mass is 35.5. The highest BCUT2D eigenvalue weighted by Crippen LogP contribution is 2.24. The van der Waals surface area contributed by atoms with E-state index in [0.29, 0.717) is 18.9 Å². The molecule has 0 spiro atoms. The van der Waals surface area contributed by atoms with Crippen molar-refractivity contribution in [3.05, 3.63) is 34.9 Å². The zero-order chi connectivity index (χ0) is 15.3. The van der Waals surface area contributed by atoms with Gasteiger partial charge in [0, 0.05) is 23.4 Å². The first kappa shape index (κ1) is 19.3. The zero-order valence-electron chi connectivity index (χ0n) is 13.3. The van der Waals surface area contributed by atoms with E-state index in [9.17, 15) is 4.79 Å². The largest absolute Gasteiger partial charge is 0.355 e. The number of hydrogen-bond donors (Lipinski definition) is 2. The summed E-state index contributed by atoms with van der Waals surface area (Å²) in [6.45, 7) is 7.07. The summed E-state index contributed by atoms with van der Waals surface area (Å²) in [5, 5.41) is 7.14. The summed E-state index contributed by atoms with van der Waals surface area (Å²) in [6.07, 6.45) is 2.81. The highest BCUT2D eigenvalue weighted by molar-refractivity contribution is 6.30. The van der Waals surface area contributed by atoms with E-state index in [1.807, 2.05) is 24.3 Å². The van der Waals surface area contributed by atoms with Gasteiger partial charge in [-0.05, 0) is 49.5 Å². The van der Waals surface area contributed by atoms with E-state index in [1.54, 1.807) is 0 Å². The van der Waals surface area contributed by atoms with Crippen LogP contribution in [0.3, 0.4) is 0 Å². The van der Waals surface area contributed by atoms with Crippen LogP contribution in [-0.4, -0.2) is 25.5 Å². The predicted octanol–water partition coefficient (Wildman–Crippen LogP) is 3.55. The Hall–Kier alpha value is -0.770. The molecule has 1 saturated heterocycles. The van der Waals surface area contributed by atoms with Gasteiger partial charge in [0.25, 0.3) is 0 Å². The topological polar surface area (TPSA) is 41.1 Å². The van der Waals surface area contributed by atoms with E-state index in [0.717, 1.165) is 24.5 Å². The lowest BCUT2D eigenvalue weighted by molar-refractivity contribution is -0.121. The maximum atomic E-state index is 12.0. The molecule has 1 unspecified atom stereocenters. The van der Waals surface area contributed by atoms with Crippen LogP contribution in [0.15, 0.2) is 24.3 Å². The second kappa shape index (κ2) is 8.76. The summed E-state index contributed by atoms with van der Waals surface area (Å²) in [5.41, 5.74) is 1.10. The molecule has 124 valence electrons. The molecular formula is C17H26Cl2N2O. The summed E-state index contributed by atoms with van der Waals surface area (Å²) >= 11 is 5.92. The van der Waals surface area contributed by atoms with Crippen LogP contribution >= 0.6 is 24.0 Å². The maximum Gasteiger partial charge on any atom is 0.220 e. The monoisotopic (exact) mass is 344 g/mol. The van der Waals surface area contributed by atoms with Crippen molar-refractivity contribution in [3.8, 4) is 0 Å². The number of rotatable bonds is 6. The van der Waals surface area contributed by atoms with E-state index in [4.69, 9.17) is 11.6 Å². The Morgan fingerprint density at radius 1 is 1.36 bits per heavy atom. The van der Waals surface area contributed by atoms with Crippen LogP contribution in [0, 0.1) is 5.92 Å². The smallest absolute Gasteiger partial charge is 0.220 e. The molecule has 1 atom stereocenters. The Balaban J connectivity index is 0.00000242. The van der Waals surface area contributed by atoms with Crippen LogP contribution in [0.25, 0.3) is 0 Å². The summed E-state index contributed by atoms with van der Waals surface area (Å²) in [4.78, 5) is 12.0. The first-order chi connectivity index (χ1) is 9.97. The van der Waals surface area contributed by atoms with Gasteiger partial charge in [-0.1, -0.05) is 37.6 Å². The molecule has 1 aliphatic rings. The van der Waals surface area contributed by atoms with Crippen LogP contribution in [0.1, 0.15) is 38.7 Å². The molecule has 0 saturated carbocycles. The molecular weight excluding hydrogens is 319 g/mol. The Kier molecular flexibility index (Phi) is 7.67. The van der Waals surface area contributed by atoms with Gasteiger partial charge in [0.15, 0.2) is 0 Å². The molecule has 1 fully saturated rings. The van der Waals surface area contributed by atoms with Crippen molar-refractivity contribution in [2.24, 2.45) is 5.92 Å². The van der Waals surface area contributed by atoms with Gasteiger partial charge < -0.3 is 10.6 Å². The molecule has 3 nitrogen and oxygen atoms in total. The van der Waals surface area contributed by atoms with E-state index < -0.39 is 0 Å². The van der Waals surface area contributed by atoms with E-state index in [-0.39, 0.29) is 23.7 Å². The number of hydrogen-bond acceptors (Lipinski definition) is 2. The number of carbonyl (C=O) groups is 1. The van der Waals surface area contributed by atoms with Crippen LogP contribution in [-0.2, 0) is 10.2 Å². The Bertz CT molecular complexity index is 468. The third kappa shape index (κ3) is 5.79. The van der Waals surface area contributed by atoms with Crippen LogP contribution in [0.5, 0.6) is 0 Å². The minimum Gasteiger partial charge on any atom is -0.355 e. The maximum absolute atomic E-state index is 12.0. The number of carbonyl (C=O) groups excluding carboxylic acids is 1. The SMILES string of the molecule is CC(C)(CNC(=O)CCC1CCNC1)c1ccc(Cl)cc1.Cl. The van der Waals surface area contributed by atoms with Crippen molar-refractivity contribution in [1.82, 2.24) is 10.6 Å². The quantitative estimate of drug-likeness (QED) is 0.828. The van der Waals surface area contributed by atoms with Gasteiger partial charge in [-0.3, -0.25) is 4.79 Å². The summed E-state index contributed by atoms with van der Waals surface area (Å²) < 4.78 is 0. The summed E-state index contributed by atoms with van der Waals surface area (Å²) in [6, 6.07) is 7.85. The minimum atomic E-state index is -0.0881. The number of nitrogens with one attached hydrogen (secondary N) is 2. The molecule has 0 aromatic heterocycles. The minimum absolute atomic E-state index is 0. The Morgan fingerprint density at radius 2 is 2.05 bits per heavy atom. The molecule has 0 aliphatic carbocycles. The lowest BCUT2D eigenvalue weighted by Gasteiger charge is -2.26. The summed E-state index contributed by atoms with van der Waals surface area (Å²) in [5.74, 6) is 0.823. The van der Waals surface area contributed by atoms with Gasteiger partial charge in [-0.25, -0.2) is 0 Å². The van der Waals surface area contributed by atoms with Crippen LogP contribution in [0.2, 0.25) is 5.02 Å². The summed E-state index contributed by atoms with van der Waals surface area (Å²) in [7, 11) is 0. The average molecular weight is 345 g/mol. The van der Waals surface area contributed by atoms with Gasteiger partial charge in [0.2, 0.25) is 5.91 Å². The number of benzene rings is 1. The molecule has 1 aliphatic heterocycles. The van der Waals surface area contributed by atoms with Crippen LogP contribution < -0.4 is 10.6 Å². The van der Waals surface area contributed by atoms with Gasteiger partial charge in [-0.15, -0.1) is 12.4 Å². The van der Waals surface area contributed by atoms with Crippen molar-refractivity contribution >= 4 is 29.9 Å². The lowest BCUT2D eigenvalue weighted by atomic mass is 9.84. The molecule has 2 rings (SSSR count). The molecule has 1 heterocycles. The van der Waals surface area contributed by atoms with E-state index in [2.05, 4.69) is 24.5 Å². The number of halogens is 2. The van der Waals surface area contributed by atoms with Crippen molar-refractivity contribution < 1.29 is 4.79 Å². The van der Waals surface area contributed by atoms with Crippen molar-refractivity contribution in [2.75, 3.05) is 19.6 Å². The van der Waals surface area contributed by atoms with Gasteiger partial charge >= 0.3 is 0 Å². The molecule has 1 aromatic carbocycles. The molecule has 2 N–H and O–H groups in total. The molecule has 1 amide bonds. The molecule has 0 bridgehead atoms. The third-order valence-corrected chi connectivity index (χ3v) is 4.55. The first-order valence-corrected chi connectivity index (χ1v) is 8.08. The van der Waals surface area contributed by atoms with Gasteiger partial charge in [0.1, 0.15) is 0 Å². The van der Waals surface area contributed by atoms with E-state index in [1.165, 1.54) is 12.0 Å². The average Bonchev–Trinajstić information content (AvgIpc) is 2.97. The highest BCUT2D eigenvalue weighted by Gasteiger charge is 2.22. The van der Waals surface area contributed by atoms with Crippen molar-refractivity contribution in [2.45, 2.75) is 38.5 Å². The van der Waals surface area contributed by atoms with Crippen molar-refractivity contribution in [3.63, 3.8) is 0 Å². The fraction of sp³-hybridized carbons (Fsp3) is 0.588. The van der Waals surface area contributed by atoms with Crippen molar-refractivity contribution in [1.29, 1.82) is 0 Å². The Labute approximate surface area is 144 Å². The molecule has 5 heteroatoms. The fourth-order valence-corrected chi connectivity index (χ4v) is 2.83. The second-order valence-corrected chi connectivity index (χ2v) is 7.00. The zero-order valence-corrected chi connectivity index (χ0v) is 14.9. The van der Waals surface area contributed by atoms with Crippen LogP contribution in [0.4, 0.5) is 0 Å². The normalized spacial score (nSPS) is 17.9. The Morgan fingerprint density at radius 3 is 2.64 bits per heavy atom. The molecule has 0 radical (unpaired) electrons. The predicted molar refractivity (Wildman–Crippen MR) is 94.9 cm³/mol. The standard InChI is InChI=1S/C17H25ClN2O.ClH/c1-17(2,14-4-6-15(18)7-5-14)12-20-16(21)8-3-13-9-10-19-11-13;/h4-7,13,19H,3,8-12H2,1-2H3,(H,20,21);1H. The second-order valence-electron chi connectivity index (χ2n) is 6.57. The fourth-order valence-electron chi connectivity index (χ4n) is 2.71. The van der Waals surface area contributed by atoms with Gasteiger partial charge in [-0.2, -0.15) is 0 Å². The first-order valence-electron chi connectivity index (χ1n) is 7.71. The molecule has 1 aromatic rings. The molecule has 22 heavy (non-hydrogen) atoms.